The molecule has 4 nitrogen and oxygen atoms in total. The Kier molecular flexibility index (Phi) is 6.97. The number of carbonyl (C=O) groups excluding carboxylic acids is 1. The molecule has 0 bridgehead atoms. The van der Waals surface area contributed by atoms with Gasteiger partial charge >= 0.3 is 6.16 Å². The molecule has 1 aliphatic heterocycles. The maximum atomic E-state index is 11.5. The Hall–Kier alpha value is -1.81. The van der Waals surface area contributed by atoms with Gasteiger partial charge in [0.05, 0.1) is 13.2 Å². The summed E-state index contributed by atoms with van der Waals surface area (Å²) in [7, 11) is 0. The van der Waals surface area contributed by atoms with Gasteiger partial charge < -0.3 is 14.2 Å². The topological polar surface area (TPSA) is 44.8 Å². The van der Waals surface area contributed by atoms with E-state index in [0.29, 0.717) is 19.6 Å². The van der Waals surface area contributed by atoms with Crippen LogP contribution in [-0.2, 0) is 20.8 Å². The van der Waals surface area contributed by atoms with E-state index in [1.807, 2.05) is 30.3 Å². The molecule has 0 spiro atoms. The minimum Gasteiger partial charge on any atom is -0.430 e. The van der Waals surface area contributed by atoms with Crippen molar-refractivity contribution in [3.05, 3.63) is 48.0 Å². The van der Waals surface area contributed by atoms with E-state index in [-0.39, 0.29) is 12.2 Å². The molecule has 0 radical (unpaired) electrons. The molecule has 1 heterocycles. The van der Waals surface area contributed by atoms with E-state index < -0.39 is 6.16 Å². The first-order valence-electron chi connectivity index (χ1n) is 7.92. The normalized spacial score (nSPS) is 21.6. The van der Waals surface area contributed by atoms with Crippen LogP contribution in [0.3, 0.4) is 0 Å². The van der Waals surface area contributed by atoms with Crippen LogP contribution in [0.25, 0.3) is 0 Å². The average molecular weight is 304 g/mol. The lowest BCUT2D eigenvalue weighted by molar-refractivity contribution is -0.0854. The van der Waals surface area contributed by atoms with E-state index in [1.54, 1.807) is 0 Å². The average Bonchev–Trinajstić information content (AvgIpc) is 2.52. The fourth-order valence-electron chi connectivity index (χ4n) is 2.35. The fourth-order valence-corrected chi connectivity index (χ4v) is 2.35. The largest absolute Gasteiger partial charge is 0.508 e. The Morgan fingerprint density at radius 1 is 1.18 bits per heavy atom. The van der Waals surface area contributed by atoms with E-state index in [9.17, 15) is 4.79 Å². The third-order valence-corrected chi connectivity index (χ3v) is 3.49. The van der Waals surface area contributed by atoms with Gasteiger partial charge in [0.2, 0.25) is 0 Å². The second-order valence-electron chi connectivity index (χ2n) is 5.46. The van der Waals surface area contributed by atoms with E-state index in [2.05, 4.69) is 19.1 Å². The summed E-state index contributed by atoms with van der Waals surface area (Å²) in [6, 6.07) is 9.95. The molecule has 1 saturated heterocycles. The predicted molar refractivity (Wildman–Crippen MR) is 84.5 cm³/mol. The van der Waals surface area contributed by atoms with Crippen molar-refractivity contribution in [2.24, 2.45) is 0 Å². The third-order valence-electron chi connectivity index (χ3n) is 3.49. The number of cyclic esters (lactones) is 2. The summed E-state index contributed by atoms with van der Waals surface area (Å²) in [5, 5.41) is 0. The molecule has 2 atom stereocenters. The molecule has 1 fully saturated rings. The highest BCUT2D eigenvalue weighted by molar-refractivity contribution is 5.61. The van der Waals surface area contributed by atoms with Gasteiger partial charge in [0.15, 0.2) is 0 Å². The highest BCUT2D eigenvalue weighted by atomic mass is 16.7. The number of hydrogen-bond acceptors (Lipinski definition) is 4. The van der Waals surface area contributed by atoms with Gasteiger partial charge in [-0.15, -0.1) is 0 Å². The number of hydrogen-bond donors (Lipinski definition) is 0. The second-order valence-corrected chi connectivity index (χ2v) is 5.46. The van der Waals surface area contributed by atoms with Gasteiger partial charge in [0.1, 0.15) is 12.2 Å². The zero-order valence-electron chi connectivity index (χ0n) is 13.1. The van der Waals surface area contributed by atoms with Crippen molar-refractivity contribution >= 4 is 6.16 Å². The lowest BCUT2D eigenvalue weighted by Gasteiger charge is -2.28. The summed E-state index contributed by atoms with van der Waals surface area (Å²) in [6.07, 6.45) is 6.88. The van der Waals surface area contributed by atoms with Gasteiger partial charge in [0, 0.05) is 12.8 Å². The van der Waals surface area contributed by atoms with E-state index in [4.69, 9.17) is 14.2 Å². The first-order valence-corrected chi connectivity index (χ1v) is 7.92. The molecule has 120 valence electrons. The Labute approximate surface area is 132 Å². The Bertz CT molecular complexity index is 469. The second kappa shape index (κ2) is 9.26. The van der Waals surface area contributed by atoms with Crippen molar-refractivity contribution in [2.75, 3.05) is 6.61 Å². The third kappa shape index (κ3) is 5.90. The van der Waals surface area contributed by atoms with Crippen LogP contribution in [0, 0.1) is 0 Å². The van der Waals surface area contributed by atoms with Crippen molar-refractivity contribution < 1.29 is 19.0 Å². The van der Waals surface area contributed by atoms with E-state index >= 15 is 0 Å². The predicted octanol–water partition coefficient (Wildman–Crippen LogP) is 4.24. The van der Waals surface area contributed by atoms with Gasteiger partial charge in [0.25, 0.3) is 0 Å². The van der Waals surface area contributed by atoms with Crippen LogP contribution in [-0.4, -0.2) is 25.0 Å². The first kappa shape index (κ1) is 16.6. The highest BCUT2D eigenvalue weighted by Crippen LogP contribution is 2.19. The number of benzene rings is 1. The van der Waals surface area contributed by atoms with Crippen LogP contribution in [0.2, 0.25) is 0 Å². The number of carbonyl (C=O) groups is 1. The molecule has 0 saturated carbocycles. The van der Waals surface area contributed by atoms with Crippen LogP contribution >= 0.6 is 0 Å². The Morgan fingerprint density at radius 3 is 2.73 bits per heavy atom. The van der Waals surface area contributed by atoms with Crippen LogP contribution in [0.15, 0.2) is 42.5 Å². The monoisotopic (exact) mass is 304 g/mol. The van der Waals surface area contributed by atoms with Gasteiger partial charge in [-0.1, -0.05) is 55.8 Å². The molecule has 0 aromatic heterocycles. The summed E-state index contributed by atoms with van der Waals surface area (Å²) < 4.78 is 16.0. The maximum absolute atomic E-state index is 11.5. The zero-order valence-corrected chi connectivity index (χ0v) is 13.1. The minimum absolute atomic E-state index is 0.111. The molecule has 22 heavy (non-hydrogen) atoms. The van der Waals surface area contributed by atoms with Crippen LogP contribution in [0.4, 0.5) is 4.79 Å². The smallest absolute Gasteiger partial charge is 0.430 e. The number of unbranched alkanes of at least 4 members (excludes halogenated alkanes) is 1. The minimum atomic E-state index is -0.589. The van der Waals surface area contributed by atoms with Gasteiger partial charge in [-0.3, -0.25) is 0 Å². The summed E-state index contributed by atoms with van der Waals surface area (Å²) >= 11 is 0. The molecular formula is C18H24O4. The Morgan fingerprint density at radius 2 is 1.95 bits per heavy atom. The molecule has 1 aliphatic rings. The van der Waals surface area contributed by atoms with Crippen molar-refractivity contribution in [1.29, 1.82) is 0 Å². The van der Waals surface area contributed by atoms with Crippen molar-refractivity contribution in [3.8, 4) is 0 Å². The lowest BCUT2D eigenvalue weighted by atomic mass is 10.1. The highest BCUT2D eigenvalue weighted by Gasteiger charge is 2.29. The molecule has 4 heteroatoms. The maximum Gasteiger partial charge on any atom is 0.508 e. The molecular weight excluding hydrogens is 280 g/mol. The van der Waals surface area contributed by atoms with Crippen LogP contribution < -0.4 is 0 Å². The molecule has 0 N–H and O–H groups in total. The van der Waals surface area contributed by atoms with Crippen LogP contribution in [0.1, 0.15) is 38.2 Å². The molecule has 2 unspecified atom stereocenters. The molecule has 1 aromatic rings. The standard InChI is InChI=1S/C18H24O4/c1-2-3-4-8-11-16-12-17(22-18(19)21-16)14-20-13-15-9-6-5-7-10-15/h4-10,16-17H,2-3,11-14H2,1H3/b8-4+. The van der Waals surface area contributed by atoms with Gasteiger partial charge in [-0.25, -0.2) is 4.79 Å². The summed E-state index contributed by atoms with van der Waals surface area (Å²) in [4.78, 5) is 11.5. The molecule has 0 amide bonds. The summed E-state index contributed by atoms with van der Waals surface area (Å²) in [5.74, 6) is 0. The summed E-state index contributed by atoms with van der Waals surface area (Å²) in [5.41, 5.74) is 1.11. The fraction of sp³-hybridized carbons (Fsp3) is 0.500. The number of allylic oxidation sites excluding steroid dienone is 1. The summed E-state index contributed by atoms with van der Waals surface area (Å²) in [6.45, 7) is 3.06. The van der Waals surface area contributed by atoms with Crippen molar-refractivity contribution in [1.82, 2.24) is 0 Å². The molecule has 2 rings (SSSR count). The Balaban J connectivity index is 1.72. The number of ether oxygens (including phenoxy) is 3. The van der Waals surface area contributed by atoms with Gasteiger partial charge in [-0.2, -0.15) is 0 Å². The van der Waals surface area contributed by atoms with E-state index in [0.717, 1.165) is 24.8 Å². The molecule has 1 aromatic carbocycles. The first-order chi connectivity index (χ1) is 10.8. The lowest BCUT2D eigenvalue weighted by Crippen LogP contribution is -2.36. The van der Waals surface area contributed by atoms with Crippen molar-refractivity contribution in [3.63, 3.8) is 0 Å². The zero-order chi connectivity index (χ0) is 15.6. The quantitative estimate of drug-likeness (QED) is 0.532. The van der Waals surface area contributed by atoms with E-state index in [1.165, 1.54) is 0 Å². The molecule has 0 aliphatic carbocycles. The number of rotatable bonds is 8. The van der Waals surface area contributed by atoms with Gasteiger partial charge in [-0.05, 0) is 12.0 Å². The van der Waals surface area contributed by atoms with Crippen LogP contribution in [0.5, 0.6) is 0 Å². The SMILES string of the molecule is CCC/C=C/CC1CC(COCc2ccccc2)OC(=O)O1. The van der Waals surface area contributed by atoms with Crippen molar-refractivity contribution in [2.45, 2.75) is 51.4 Å².